The van der Waals surface area contributed by atoms with E-state index in [1.807, 2.05) is 12.1 Å². The van der Waals surface area contributed by atoms with Crippen LogP contribution in [0, 0.1) is 5.92 Å². The molecule has 0 atom stereocenters. The van der Waals surface area contributed by atoms with E-state index in [9.17, 15) is 4.79 Å². The zero-order chi connectivity index (χ0) is 14.4. The molecule has 2 N–H and O–H groups in total. The summed E-state index contributed by atoms with van der Waals surface area (Å²) in [6.07, 6.45) is 7.22. The quantitative estimate of drug-likeness (QED) is 0.839. The maximum Gasteiger partial charge on any atom is 0.244 e. The van der Waals surface area contributed by atoms with Gasteiger partial charge in [-0.15, -0.1) is 0 Å². The van der Waals surface area contributed by atoms with E-state index in [0.29, 0.717) is 10.9 Å². The largest absolute Gasteiger partial charge is 0.396 e. The van der Waals surface area contributed by atoms with Crippen LogP contribution in [-0.4, -0.2) is 23.7 Å². The fraction of sp³-hybridized carbons (Fsp3) is 0.438. The van der Waals surface area contributed by atoms with Crippen molar-refractivity contribution in [1.82, 2.24) is 5.32 Å². The SMILES string of the molecule is O=C(/C=C/c1ccc(Cl)cc1)NC1CCC(CO)CC1. The molecule has 108 valence electrons. The Kier molecular flexibility index (Phi) is 5.62. The number of benzene rings is 1. The molecule has 1 saturated carbocycles. The molecule has 2 rings (SSSR count). The molecule has 1 aromatic carbocycles. The van der Waals surface area contributed by atoms with Gasteiger partial charge in [0, 0.05) is 23.7 Å². The van der Waals surface area contributed by atoms with E-state index in [1.54, 1.807) is 24.3 Å². The van der Waals surface area contributed by atoms with Crippen LogP contribution in [0.1, 0.15) is 31.2 Å². The van der Waals surface area contributed by atoms with Crippen molar-refractivity contribution >= 4 is 23.6 Å². The third-order valence-electron chi connectivity index (χ3n) is 3.75. The van der Waals surface area contributed by atoms with E-state index in [2.05, 4.69) is 5.32 Å². The monoisotopic (exact) mass is 293 g/mol. The zero-order valence-electron chi connectivity index (χ0n) is 11.4. The minimum atomic E-state index is -0.0626. The van der Waals surface area contributed by atoms with E-state index in [4.69, 9.17) is 16.7 Å². The Morgan fingerprint density at radius 1 is 1.25 bits per heavy atom. The van der Waals surface area contributed by atoms with E-state index in [0.717, 1.165) is 31.2 Å². The number of aliphatic hydroxyl groups is 1. The third kappa shape index (κ3) is 4.66. The molecule has 1 amide bonds. The summed E-state index contributed by atoms with van der Waals surface area (Å²) in [4.78, 5) is 11.8. The summed E-state index contributed by atoms with van der Waals surface area (Å²) < 4.78 is 0. The Bertz CT molecular complexity index is 462. The highest BCUT2D eigenvalue weighted by molar-refractivity contribution is 6.30. The summed E-state index contributed by atoms with van der Waals surface area (Å²) >= 11 is 5.81. The van der Waals surface area contributed by atoms with Crippen LogP contribution in [0.15, 0.2) is 30.3 Å². The highest BCUT2D eigenvalue weighted by Crippen LogP contribution is 2.23. The fourth-order valence-electron chi connectivity index (χ4n) is 2.48. The molecule has 4 heteroatoms. The topological polar surface area (TPSA) is 49.3 Å². The molecule has 0 spiro atoms. The van der Waals surface area contributed by atoms with E-state index >= 15 is 0 Å². The molecule has 0 radical (unpaired) electrons. The lowest BCUT2D eigenvalue weighted by atomic mass is 9.86. The summed E-state index contributed by atoms with van der Waals surface area (Å²) in [5, 5.41) is 12.8. The standard InChI is InChI=1S/C16H20ClNO2/c17-14-6-1-12(2-7-14)5-10-16(20)18-15-8-3-13(11-19)4-9-15/h1-2,5-7,10,13,15,19H,3-4,8-9,11H2,(H,18,20)/b10-5+. The predicted molar refractivity (Wildman–Crippen MR) is 81.5 cm³/mol. The van der Waals surface area contributed by atoms with Gasteiger partial charge in [0.05, 0.1) is 0 Å². The fourth-order valence-corrected chi connectivity index (χ4v) is 2.61. The first-order valence-corrected chi connectivity index (χ1v) is 7.40. The molecule has 0 aromatic heterocycles. The molecule has 0 aliphatic heterocycles. The van der Waals surface area contributed by atoms with Crippen molar-refractivity contribution in [3.8, 4) is 0 Å². The van der Waals surface area contributed by atoms with Crippen molar-refractivity contribution < 1.29 is 9.90 Å². The molecule has 1 fully saturated rings. The van der Waals surface area contributed by atoms with Crippen LogP contribution >= 0.6 is 11.6 Å². The molecule has 1 aromatic rings. The van der Waals surface area contributed by atoms with Crippen molar-refractivity contribution in [3.05, 3.63) is 40.9 Å². The van der Waals surface area contributed by atoms with Crippen molar-refractivity contribution in [2.75, 3.05) is 6.61 Å². The number of aliphatic hydroxyl groups excluding tert-OH is 1. The van der Waals surface area contributed by atoms with Crippen LogP contribution in [0.2, 0.25) is 5.02 Å². The highest BCUT2D eigenvalue weighted by atomic mass is 35.5. The Morgan fingerprint density at radius 2 is 1.90 bits per heavy atom. The van der Waals surface area contributed by atoms with Gasteiger partial charge < -0.3 is 10.4 Å². The summed E-state index contributed by atoms with van der Waals surface area (Å²) in [6.45, 7) is 0.261. The molecule has 0 heterocycles. The van der Waals surface area contributed by atoms with Crippen LogP contribution in [0.3, 0.4) is 0 Å². The maximum absolute atomic E-state index is 11.8. The van der Waals surface area contributed by atoms with E-state index < -0.39 is 0 Å². The average Bonchev–Trinajstić information content (AvgIpc) is 2.47. The number of hydrogen-bond acceptors (Lipinski definition) is 2. The first kappa shape index (κ1) is 15.1. The number of hydrogen-bond donors (Lipinski definition) is 2. The molecule has 3 nitrogen and oxygen atoms in total. The average molecular weight is 294 g/mol. The van der Waals surface area contributed by atoms with Gasteiger partial charge in [-0.05, 0) is 55.4 Å². The van der Waals surface area contributed by atoms with Crippen molar-refractivity contribution in [1.29, 1.82) is 0 Å². The second-order valence-corrected chi connectivity index (χ2v) is 5.73. The van der Waals surface area contributed by atoms with Gasteiger partial charge in [0.15, 0.2) is 0 Å². The van der Waals surface area contributed by atoms with E-state index in [-0.39, 0.29) is 18.6 Å². The van der Waals surface area contributed by atoms with Crippen LogP contribution < -0.4 is 5.32 Å². The second kappa shape index (κ2) is 7.46. The van der Waals surface area contributed by atoms with Crippen LogP contribution in [0.25, 0.3) is 6.08 Å². The number of amides is 1. The van der Waals surface area contributed by atoms with Crippen LogP contribution in [0.5, 0.6) is 0 Å². The van der Waals surface area contributed by atoms with Gasteiger partial charge in [-0.2, -0.15) is 0 Å². The maximum atomic E-state index is 11.8. The Labute approximate surface area is 124 Å². The number of carbonyl (C=O) groups excluding carboxylic acids is 1. The molecular formula is C16H20ClNO2. The van der Waals surface area contributed by atoms with Gasteiger partial charge in [0.1, 0.15) is 0 Å². The molecule has 0 saturated heterocycles. The van der Waals surface area contributed by atoms with Gasteiger partial charge in [-0.1, -0.05) is 23.7 Å². The highest BCUT2D eigenvalue weighted by Gasteiger charge is 2.20. The summed E-state index contributed by atoms with van der Waals surface area (Å²) in [6, 6.07) is 7.59. The molecular weight excluding hydrogens is 274 g/mol. The summed E-state index contributed by atoms with van der Waals surface area (Å²) in [7, 11) is 0. The number of nitrogens with one attached hydrogen (secondary N) is 1. The van der Waals surface area contributed by atoms with Gasteiger partial charge in [-0.25, -0.2) is 0 Å². The lowest BCUT2D eigenvalue weighted by Crippen LogP contribution is -2.37. The molecule has 1 aliphatic carbocycles. The molecule has 0 bridgehead atoms. The number of halogens is 1. The Morgan fingerprint density at radius 3 is 2.50 bits per heavy atom. The molecule has 20 heavy (non-hydrogen) atoms. The number of carbonyl (C=O) groups is 1. The van der Waals surface area contributed by atoms with Crippen molar-refractivity contribution in [2.24, 2.45) is 5.92 Å². The Balaban J connectivity index is 1.79. The van der Waals surface area contributed by atoms with Crippen molar-refractivity contribution in [3.63, 3.8) is 0 Å². The smallest absolute Gasteiger partial charge is 0.244 e. The van der Waals surface area contributed by atoms with Gasteiger partial charge in [0.25, 0.3) is 0 Å². The first-order valence-electron chi connectivity index (χ1n) is 7.02. The predicted octanol–water partition coefficient (Wildman–Crippen LogP) is 3.02. The minimum absolute atomic E-state index is 0.0626. The minimum Gasteiger partial charge on any atom is -0.396 e. The second-order valence-electron chi connectivity index (χ2n) is 5.29. The van der Waals surface area contributed by atoms with E-state index in [1.165, 1.54) is 0 Å². The van der Waals surface area contributed by atoms with Gasteiger partial charge in [-0.3, -0.25) is 4.79 Å². The molecule has 1 aliphatic rings. The normalized spacial score (nSPS) is 22.9. The van der Waals surface area contributed by atoms with Gasteiger partial charge >= 0.3 is 0 Å². The zero-order valence-corrected chi connectivity index (χ0v) is 12.1. The van der Waals surface area contributed by atoms with Crippen molar-refractivity contribution in [2.45, 2.75) is 31.7 Å². The first-order chi connectivity index (χ1) is 9.67. The Hall–Kier alpha value is -1.32. The summed E-state index contributed by atoms with van der Waals surface area (Å²) in [5.74, 6) is 0.347. The third-order valence-corrected chi connectivity index (χ3v) is 4.00. The van der Waals surface area contributed by atoms with Gasteiger partial charge in [0.2, 0.25) is 5.91 Å². The van der Waals surface area contributed by atoms with Crippen LogP contribution in [0.4, 0.5) is 0 Å². The van der Waals surface area contributed by atoms with Crippen LogP contribution in [-0.2, 0) is 4.79 Å². The lowest BCUT2D eigenvalue weighted by Gasteiger charge is -2.27. The summed E-state index contributed by atoms with van der Waals surface area (Å²) in [5.41, 5.74) is 0.952. The number of rotatable bonds is 4. The lowest BCUT2D eigenvalue weighted by molar-refractivity contribution is -0.117. The molecule has 0 unspecified atom stereocenters.